The van der Waals surface area contributed by atoms with E-state index in [4.69, 9.17) is 23.2 Å². The molecule has 4 heteroatoms. The molecule has 1 aromatic rings. The molecule has 0 atom stereocenters. The predicted molar refractivity (Wildman–Crippen MR) is 62.4 cm³/mol. The van der Waals surface area contributed by atoms with E-state index in [1.807, 2.05) is 12.1 Å². The zero-order valence-corrected chi connectivity index (χ0v) is 9.89. The summed E-state index contributed by atoms with van der Waals surface area (Å²) in [5.41, 5.74) is 0. The molecular formula is C10H14Cl2N2. The molecule has 0 saturated heterocycles. The van der Waals surface area contributed by atoms with Gasteiger partial charge in [-0.25, -0.2) is 4.98 Å². The van der Waals surface area contributed by atoms with Gasteiger partial charge in [0.25, 0.3) is 0 Å². The van der Waals surface area contributed by atoms with E-state index in [2.05, 4.69) is 23.7 Å². The van der Waals surface area contributed by atoms with Crippen molar-refractivity contribution in [3.8, 4) is 0 Å². The Balaban J connectivity index is 2.82. The maximum Gasteiger partial charge on any atom is 0.128 e. The van der Waals surface area contributed by atoms with Gasteiger partial charge >= 0.3 is 0 Å². The van der Waals surface area contributed by atoms with Crippen molar-refractivity contribution in [3.63, 3.8) is 0 Å². The number of rotatable bonds is 4. The predicted octanol–water partition coefficient (Wildman–Crippen LogP) is 3.19. The van der Waals surface area contributed by atoms with Crippen LogP contribution in [-0.4, -0.2) is 23.5 Å². The van der Waals surface area contributed by atoms with Crippen LogP contribution in [0, 0.1) is 0 Å². The number of aromatic nitrogens is 1. The highest BCUT2D eigenvalue weighted by Gasteiger charge is 2.10. The minimum atomic E-state index is 0.391. The second-order valence-electron chi connectivity index (χ2n) is 3.31. The Hall–Kier alpha value is -0.470. The smallest absolute Gasteiger partial charge is 0.128 e. The van der Waals surface area contributed by atoms with Gasteiger partial charge in [0.2, 0.25) is 0 Å². The fourth-order valence-corrected chi connectivity index (χ4v) is 1.56. The van der Waals surface area contributed by atoms with Crippen LogP contribution in [0.2, 0.25) is 5.02 Å². The Bertz CT molecular complexity index is 272. The fraction of sp³-hybridized carbons (Fsp3) is 0.500. The summed E-state index contributed by atoms with van der Waals surface area (Å²) in [6.45, 7) is 5.03. The lowest BCUT2D eigenvalue weighted by molar-refractivity contribution is 0.695. The van der Waals surface area contributed by atoms with Crippen LogP contribution >= 0.6 is 23.2 Å². The highest BCUT2D eigenvalue weighted by molar-refractivity contribution is 6.30. The maximum absolute atomic E-state index is 5.77. The monoisotopic (exact) mass is 232 g/mol. The molecule has 0 unspecified atom stereocenters. The van der Waals surface area contributed by atoms with Crippen molar-refractivity contribution in [3.05, 3.63) is 23.4 Å². The number of halogens is 2. The SMILES string of the molecule is CC(C)N(CCCl)c1ccc(Cl)cn1. The Kier molecular flexibility index (Phi) is 4.49. The highest BCUT2D eigenvalue weighted by atomic mass is 35.5. The van der Waals surface area contributed by atoms with Crippen LogP contribution in [0.1, 0.15) is 13.8 Å². The molecule has 0 aliphatic heterocycles. The van der Waals surface area contributed by atoms with Gasteiger partial charge in [-0.05, 0) is 26.0 Å². The third kappa shape index (κ3) is 3.03. The van der Waals surface area contributed by atoms with Gasteiger partial charge in [-0.1, -0.05) is 11.6 Å². The summed E-state index contributed by atoms with van der Waals surface area (Å²) in [4.78, 5) is 6.40. The van der Waals surface area contributed by atoms with Gasteiger partial charge in [0.05, 0.1) is 5.02 Å². The highest BCUT2D eigenvalue weighted by Crippen LogP contribution is 2.16. The molecule has 1 aromatic heterocycles. The molecule has 0 bridgehead atoms. The molecular weight excluding hydrogens is 219 g/mol. The van der Waals surface area contributed by atoms with Crippen molar-refractivity contribution >= 4 is 29.0 Å². The molecule has 14 heavy (non-hydrogen) atoms. The van der Waals surface area contributed by atoms with Gasteiger partial charge in [-0.3, -0.25) is 0 Å². The lowest BCUT2D eigenvalue weighted by atomic mass is 10.3. The Morgan fingerprint density at radius 2 is 2.14 bits per heavy atom. The van der Waals surface area contributed by atoms with Gasteiger partial charge < -0.3 is 4.90 Å². The van der Waals surface area contributed by atoms with Gasteiger partial charge in [0.1, 0.15) is 5.82 Å². The van der Waals surface area contributed by atoms with E-state index in [0.29, 0.717) is 16.9 Å². The normalized spacial score (nSPS) is 10.6. The molecule has 0 amide bonds. The van der Waals surface area contributed by atoms with E-state index in [1.54, 1.807) is 6.20 Å². The van der Waals surface area contributed by atoms with Crippen LogP contribution in [0.25, 0.3) is 0 Å². The molecule has 78 valence electrons. The minimum Gasteiger partial charge on any atom is -0.353 e. The number of hydrogen-bond donors (Lipinski definition) is 0. The molecule has 0 aliphatic rings. The summed E-state index contributed by atoms with van der Waals surface area (Å²) in [5.74, 6) is 1.52. The fourth-order valence-electron chi connectivity index (χ4n) is 1.27. The molecule has 2 nitrogen and oxygen atoms in total. The Morgan fingerprint density at radius 3 is 2.57 bits per heavy atom. The Labute approximate surface area is 94.8 Å². The number of alkyl halides is 1. The largest absolute Gasteiger partial charge is 0.353 e. The maximum atomic E-state index is 5.77. The van der Waals surface area contributed by atoms with E-state index < -0.39 is 0 Å². The summed E-state index contributed by atoms with van der Waals surface area (Å²) >= 11 is 11.5. The zero-order valence-electron chi connectivity index (χ0n) is 8.37. The van der Waals surface area contributed by atoms with E-state index in [9.17, 15) is 0 Å². The van der Waals surface area contributed by atoms with E-state index in [-0.39, 0.29) is 0 Å². The second-order valence-corrected chi connectivity index (χ2v) is 4.13. The molecule has 0 radical (unpaired) electrons. The molecule has 0 aliphatic carbocycles. The molecule has 0 fully saturated rings. The summed E-state index contributed by atoms with van der Waals surface area (Å²) < 4.78 is 0. The van der Waals surface area contributed by atoms with Crippen molar-refractivity contribution in [2.45, 2.75) is 19.9 Å². The number of anilines is 1. The van der Waals surface area contributed by atoms with Crippen molar-refractivity contribution < 1.29 is 0 Å². The summed E-state index contributed by atoms with van der Waals surface area (Å²) in [6, 6.07) is 4.14. The number of hydrogen-bond acceptors (Lipinski definition) is 2. The van der Waals surface area contributed by atoms with Crippen LogP contribution in [0.5, 0.6) is 0 Å². The third-order valence-corrected chi connectivity index (χ3v) is 2.35. The van der Waals surface area contributed by atoms with Crippen molar-refractivity contribution in [1.82, 2.24) is 4.98 Å². The van der Waals surface area contributed by atoms with Crippen LogP contribution < -0.4 is 4.90 Å². The summed E-state index contributed by atoms with van der Waals surface area (Å²) in [5, 5.41) is 0.656. The molecule has 1 rings (SSSR count). The lowest BCUT2D eigenvalue weighted by Crippen LogP contribution is -2.33. The first-order chi connectivity index (χ1) is 6.65. The minimum absolute atomic E-state index is 0.391. The van der Waals surface area contributed by atoms with E-state index in [1.165, 1.54) is 0 Å². The van der Waals surface area contributed by atoms with Crippen LogP contribution in [0.3, 0.4) is 0 Å². The van der Waals surface area contributed by atoms with Crippen LogP contribution in [0.15, 0.2) is 18.3 Å². The first-order valence-electron chi connectivity index (χ1n) is 4.59. The lowest BCUT2D eigenvalue weighted by Gasteiger charge is -2.26. The zero-order chi connectivity index (χ0) is 10.6. The average molecular weight is 233 g/mol. The van der Waals surface area contributed by atoms with Crippen molar-refractivity contribution in [2.75, 3.05) is 17.3 Å². The van der Waals surface area contributed by atoms with Gasteiger partial charge in [-0.15, -0.1) is 11.6 Å². The van der Waals surface area contributed by atoms with Crippen LogP contribution in [-0.2, 0) is 0 Å². The number of pyridine rings is 1. The van der Waals surface area contributed by atoms with E-state index in [0.717, 1.165) is 12.4 Å². The van der Waals surface area contributed by atoms with Crippen molar-refractivity contribution in [2.24, 2.45) is 0 Å². The molecule has 0 aromatic carbocycles. The average Bonchev–Trinajstić information content (AvgIpc) is 2.15. The summed E-state index contributed by atoms with van der Waals surface area (Å²) in [6.07, 6.45) is 1.65. The number of nitrogens with zero attached hydrogens (tertiary/aromatic N) is 2. The van der Waals surface area contributed by atoms with Crippen LogP contribution in [0.4, 0.5) is 5.82 Å². The quantitative estimate of drug-likeness (QED) is 0.742. The molecule has 0 saturated carbocycles. The summed E-state index contributed by atoms with van der Waals surface area (Å²) in [7, 11) is 0. The topological polar surface area (TPSA) is 16.1 Å². The third-order valence-electron chi connectivity index (χ3n) is 1.95. The van der Waals surface area contributed by atoms with E-state index >= 15 is 0 Å². The molecule has 0 N–H and O–H groups in total. The molecule has 0 spiro atoms. The molecule has 1 heterocycles. The van der Waals surface area contributed by atoms with Gasteiger partial charge in [0.15, 0.2) is 0 Å². The van der Waals surface area contributed by atoms with Gasteiger partial charge in [0, 0.05) is 24.7 Å². The Morgan fingerprint density at radius 1 is 1.43 bits per heavy atom. The first-order valence-corrected chi connectivity index (χ1v) is 5.50. The second kappa shape index (κ2) is 5.42. The van der Waals surface area contributed by atoms with Crippen molar-refractivity contribution in [1.29, 1.82) is 0 Å². The van der Waals surface area contributed by atoms with Gasteiger partial charge in [-0.2, -0.15) is 0 Å². The first kappa shape index (κ1) is 11.6. The standard InChI is InChI=1S/C10H14Cl2N2/c1-8(2)14(6-5-11)10-4-3-9(12)7-13-10/h3-4,7-8H,5-6H2,1-2H3.